The number of Topliss-reactive ketones (excluding diaryl/α,β-unsaturated/α-hetero) is 1. The van der Waals surface area contributed by atoms with Gasteiger partial charge in [-0.2, -0.15) is 13.2 Å². The van der Waals surface area contributed by atoms with Crippen LogP contribution < -0.4 is 0 Å². The molecule has 0 radical (unpaired) electrons. The molecule has 1 rings (SSSR count). The largest absolute Gasteiger partial charge is 0.454 e. The number of carbonyl (C=O) groups excluding carboxylic acids is 1. The second-order valence-corrected chi connectivity index (χ2v) is 3.66. The molecular weight excluding hydrogens is 229 g/mol. The lowest BCUT2D eigenvalue weighted by atomic mass is 9.99. The first-order chi connectivity index (χ1) is 7.96. The Labute approximate surface area is 98.0 Å². The summed E-state index contributed by atoms with van der Waals surface area (Å²) in [6.45, 7) is 3.54. The number of unbranched alkanes of at least 4 members (excludes halogenated alkanes) is 1. The topological polar surface area (TPSA) is 17.1 Å². The van der Waals surface area contributed by atoms with Crippen molar-refractivity contribution < 1.29 is 18.0 Å². The van der Waals surface area contributed by atoms with E-state index in [1.165, 1.54) is 12.1 Å². The lowest BCUT2D eigenvalue weighted by Crippen LogP contribution is -2.24. The molecule has 0 bridgehead atoms. The van der Waals surface area contributed by atoms with E-state index in [2.05, 4.69) is 6.58 Å². The molecule has 1 aromatic carbocycles. The van der Waals surface area contributed by atoms with Gasteiger partial charge in [0.1, 0.15) is 0 Å². The molecule has 0 aliphatic rings. The quantitative estimate of drug-likeness (QED) is 0.434. The summed E-state index contributed by atoms with van der Waals surface area (Å²) in [4.78, 5) is 11.2. The number of aryl methyl sites for hydroxylation is 1. The van der Waals surface area contributed by atoms with E-state index in [-0.39, 0.29) is 5.56 Å². The van der Waals surface area contributed by atoms with Gasteiger partial charge in [0.2, 0.25) is 0 Å². The van der Waals surface area contributed by atoms with Crippen molar-refractivity contribution in [2.45, 2.75) is 25.4 Å². The molecule has 0 amide bonds. The summed E-state index contributed by atoms with van der Waals surface area (Å²) >= 11 is 0. The van der Waals surface area contributed by atoms with Crippen molar-refractivity contribution in [3.63, 3.8) is 0 Å². The highest BCUT2D eigenvalue weighted by Gasteiger charge is 2.39. The van der Waals surface area contributed by atoms with E-state index in [9.17, 15) is 18.0 Å². The Bertz CT molecular complexity index is 407. The first-order valence-corrected chi connectivity index (χ1v) is 5.27. The minimum Gasteiger partial charge on any atom is -0.284 e. The van der Waals surface area contributed by atoms with E-state index in [1.54, 1.807) is 18.2 Å². The molecule has 0 atom stereocenters. The fraction of sp³-hybridized carbons (Fsp3) is 0.308. The zero-order valence-corrected chi connectivity index (χ0v) is 9.26. The van der Waals surface area contributed by atoms with Gasteiger partial charge in [-0.3, -0.25) is 4.79 Å². The zero-order valence-electron chi connectivity index (χ0n) is 9.26. The Balaban J connectivity index is 2.91. The van der Waals surface area contributed by atoms with Crippen molar-refractivity contribution >= 4 is 5.78 Å². The predicted molar refractivity (Wildman–Crippen MR) is 60.0 cm³/mol. The van der Waals surface area contributed by atoms with Gasteiger partial charge < -0.3 is 0 Å². The van der Waals surface area contributed by atoms with Gasteiger partial charge in [-0.05, 0) is 24.8 Å². The fourth-order valence-corrected chi connectivity index (χ4v) is 1.55. The first kappa shape index (κ1) is 13.5. The van der Waals surface area contributed by atoms with Crippen molar-refractivity contribution in [1.82, 2.24) is 0 Å². The Hall–Kier alpha value is -1.58. The number of alkyl halides is 3. The van der Waals surface area contributed by atoms with Gasteiger partial charge >= 0.3 is 6.18 Å². The highest BCUT2D eigenvalue weighted by Crippen LogP contribution is 2.24. The van der Waals surface area contributed by atoms with Crippen LogP contribution in [0.25, 0.3) is 0 Å². The molecule has 4 heteroatoms. The van der Waals surface area contributed by atoms with Crippen LogP contribution in [0.5, 0.6) is 0 Å². The minimum atomic E-state index is -4.81. The SMILES string of the molecule is C=CCCCc1ccccc1C(=O)C(F)(F)F. The molecule has 1 aromatic rings. The van der Waals surface area contributed by atoms with E-state index < -0.39 is 12.0 Å². The fourth-order valence-electron chi connectivity index (χ4n) is 1.55. The normalized spacial score (nSPS) is 11.2. The summed E-state index contributed by atoms with van der Waals surface area (Å²) in [6, 6.07) is 5.85. The highest BCUT2D eigenvalue weighted by molar-refractivity contribution is 6.01. The second-order valence-electron chi connectivity index (χ2n) is 3.66. The maximum absolute atomic E-state index is 12.3. The molecule has 92 valence electrons. The van der Waals surface area contributed by atoms with E-state index in [0.29, 0.717) is 24.8 Å². The summed E-state index contributed by atoms with van der Waals surface area (Å²) in [5, 5.41) is 0. The van der Waals surface area contributed by atoms with Crippen LogP contribution in [0.2, 0.25) is 0 Å². The van der Waals surface area contributed by atoms with Gasteiger partial charge in [-0.25, -0.2) is 0 Å². The molecule has 0 saturated heterocycles. The van der Waals surface area contributed by atoms with Gasteiger partial charge in [0, 0.05) is 5.56 Å². The van der Waals surface area contributed by atoms with Crippen LogP contribution in [0.15, 0.2) is 36.9 Å². The maximum atomic E-state index is 12.3. The average molecular weight is 242 g/mol. The number of carbonyl (C=O) groups is 1. The molecule has 0 spiro atoms. The number of rotatable bonds is 5. The van der Waals surface area contributed by atoms with E-state index >= 15 is 0 Å². The molecule has 0 unspecified atom stereocenters. The molecule has 1 nitrogen and oxygen atoms in total. The standard InChI is InChI=1S/C13H13F3O/c1-2-3-4-7-10-8-5-6-9-11(10)12(17)13(14,15)16/h2,5-6,8-9H,1,3-4,7H2. The van der Waals surface area contributed by atoms with Crippen LogP contribution in [0, 0.1) is 0 Å². The molecular formula is C13H13F3O. The third-order valence-corrected chi connectivity index (χ3v) is 2.37. The third kappa shape index (κ3) is 3.73. The molecule has 0 aliphatic carbocycles. The summed E-state index contributed by atoms with van der Waals surface area (Å²) in [7, 11) is 0. The highest BCUT2D eigenvalue weighted by atomic mass is 19.4. The van der Waals surface area contributed by atoms with Crippen LogP contribution >= 0.6 is 0 Å². The predicted octanol–water partition coefficient (Wildman–Crippen LogP) is 3.94. The zero-order chi connectivity index (χ0) is 12.9. The molecule has 0 saturated carbocycles. The smallest absolute Gasteiger partial charge is 0.284 e. The molecule has 0 aliphatic heterocycles. The van der Waals surface area contributed by atoms with Crippen LogP contribution in [-0.2, 0) is 6.42 Å². The minimum absolute atomic E-state index is 0.246. The van der Waals surface area contributed by atoms with Crippen LogP contribution in [0.4, 0.5) is 13.2 Å². The van der Waals surface area contributed by atoms with Crippen molar-refractivity contribution in [3.8, 4) is 0 Å². The third-order valence-electron chi connectivity index (χ3n) is 2.37. The van der Waals surface area contributed by atoms with Gasteiger partial charge in [0.15, 0.2) is 0 Å². The molecule has 0 fully saturated rings. The maximum Gasteiger partial charge on any atom is 0.454 e. The Kier molecular flexibility index (Phi) is 4.49. The van der Waals surface area contributed by atoms with Crippen LogP contribution in [0.3, 0.4) is 0 Å². The monoisotopic (exact) mass is 242 g/mol. The lowest BCUT2D eigenvalue weighted by Gasteiger charge is -2.10. The number of halogens is 3. The summed E-state index contributed by atoms with van der Waals surface area (Å²) in [5.74, 6) is -1.77. The molecule has 0 N–H and O–H groups in total. The molecule has 0 aromatic heterocycles. The number of hydrogen-bond donors (Lipinski definition) is 0. The lowest BCUT2D eigenvalue weighted by molar-refractivity contribution is -0.0885. The Morgan fingerprint density at radius 1 is 1.29 bits per heavy atom. The van der Waals surface area contributed by atoms with Crippen molar-refractivity contribution in [3.05, 3.63) is 48.0 Å². The summed E-state index contributed by atoms with van der Waals surface area (Å²) in [6.07, 6.45) is -1.26. The van der Waals surface area contributed by atoms with Gasteiger partial charge in [0.05, 0.1) is 0 Å². The van der Waals surface area contributed by atoms with Crippen LogP contribution in [0.1, 0.15) is 28.8 Å². The van der Waals surface area contributed by atoms with E-state index in [0.717, 1.165) is 0 Å². The van der Waals surface area contributed by atoms with Gasteiger partial charge in [-0.15, -0.1) is 6.58 Å². The van der Waals surface area contributed by atoms with Gasteiger partial charge in [-0.1, -0.05) is 30.3 Å². The van der Waals surface area contributed by atoms with E-state index in [4.69, 9.17) is 0 Å². The second kappa shape index (κ2) is 5.66. The average Bonchev–Trinajstić information content (AvgIpc) is 2.28. The molecule has 0 heterocycles. The van der Waals surface area contributed by atoms with E-state index in [1.807, 2.05) is 0 Å². The van der Waals surface area contributed by atoms with Crippen LogP contribution in [-0.4, -0.2) is 12.0 Å². The van der Waals surface area contributed by atoms with Crippen molar-refractivity contribution in [1.29, 1.82) is 0 Å². The summed E-state index contributed by atoms with van der Waals surface area (Å²) < 4.78 is 37.0. The number of benzene rings is 1. The first-order valence-electron chi connectivity index (χ1n) is 5.27. The Morgan fingerprint density at radius 3 is 2.53 bits per heavy atom. The number of ketones is 1. The number of allylic oxidation sites excluding steroid dienone is 1. The Morgan fingerprint density at radius 2 is 1.94 bits per heavy atom. The van der Waals surface area contributed by atoms with Gasteiger partial charge in [0.25, 0.3) is 5.78 Å². The molecule has 17 heavy (non-hydrogen) atoms. The van der Waals surface area contributed by atoms with Crippen molar-refractivity contribution in [2.75, 3.05) is 0 Å². The number of hydrogen-bond acceptors (Lipinski definition) is 1. The summed E-state index contributed by atoms with van der Waals surface area (Å²) in [5.41, 5.74) is 0.195. The van der Waals surface area contributed by atoms with Crippen molar-refractivity contribution in [2.24, 2.45) is 0 Å².